The van der Waals surface area contributed by atoms with Crippen LogP contribution in [0.2, 0.25) is 5.15 Å². The van der Waals surface area contributed by atoms with E-state index in [-0.39, 0.29) is 16.4 Å². The van der Waals surface area contributed by atoms with Gasteiger partial charge in [-0.3, -0.25) is 0 Å². The monoisotopic (exact) mass is 332 g/mol. The molecule has 2 nitrogen and oxygen atoms in total. The van der Waals surface area contributed by atoms with Crippen LogP contribution in [0, 0.1) is 5.82 Å². The molecule has 0 aliphatic carbocycles. The van der Waals surface area contributed by atoms with E-state index >= 15 is 0 Å². The number of hydrogen-bond acceptors (Lipinski definition) is 2. The van der Waals surface area contributed by atoms with Crippen LogP contribution in [-0.4, -0.2) is 10.5 Å². The van der Waals surface area contributed by atoms with Gasteiger partial charge in [0.1, 0.15) is 5.56 Å². The first-order valence-electron chi connectivity index (χ1n) is 6.75. The number of pyridine rings is 1. The summed E-state index contributed by atoms with van der Waals surface area (Å²) in [5, 5.41) is 2.24. The molecule has 0 saturated heterocycles. The minimum absolute atomic E-state index is 0.0303. The number of nitrogens with one attached hydrogen (secondary N) is 1. The molecule has 22 heavy (non-hydrogen) atoms. The van der Waals surface area contributed by atoms with Gasteiger partial charge < -0.3 is 5.32 Å². The van der Waals surface area contributed by atoms with Gasteiger partial charge in [-0.25, -0.2) is 9.37 Å². The summed E-state index contributed by atoms with van der Waals surface area (Å²) < 4.78 is 53.4. The number of halogens is 5. The number of rotatable bonds is 0. The number of benzene rings is 1. The van der Waals surface area contributed by atoms with Crippen LogP contribution in [0.4, 0.5) is 23.2 Å². The lowest BCUT2D eigenvalue weighted by Gasteiger charge is -2.34. The molecule has 2 heterocycles. The maximum Gasteiger partial charge on any atom is 0.419 e. The molecule has 0 fully saturated rings. The van der Waals surface area contributed by atoms with E-state index in [0.717, 1.165) is 12.0 Å². The Kier molecular flexibility index (Phi) is 3.29. The lowest BCUT2D eigenvalue weighted by molar-refractivity contribution is -0.138. The Balaban J connectivity index is 2.31. The van der Waals surface area contributed by atoms with Crippen molar-refractivity contribution in [3.05, 3.63) is 34.2 Å². The van der Waals surface area contributed by atoms with Crippen molar-refractivity contribution >= 4 is 28.2 Å². The Labute approximate surface area is 129 Å². The average molecular weight is 333 g/mol. The molecule has 2 aromatic rings. The van der Waals surface area contributed by atoms with E-state index in [0.29, 0.717) is 12.1 Å². The fourth-order valence-electron chi connectivity index (χ4n) is 2.78. The Hall–Kier alpha value is -1.56. The van der Waals surface area contributed by atoms with Gasteiger partial charge in [0, 0.05) is 16.6 Å². The number of fused-ring (bicyclic) bond motifs is 2. The first kappa shape index (κ1) is 15.3. The molecule has 0 unspecified atom stereocenters. The van der Waals surface area contributed by atoms with E-state index in [9.17, 15) is 17.6 Å². The zero-order valence-corrected chi connectivity index (χ0v) is 12.7. The molecule has 1 aliphatic rings. The van der Waals surface area contributed by atoms with Gasteiger partial charge in [-0.2, -0.15) is 13.2 Å². The predicted octanol–water partition coefficient (Wildman–Crippen LogP) is 5.18. The van der Waals surface area contributed by atoms with Crippen molar-refractivity contribution in [3.63, 3.8) is 0 Å². The van der Waals surface area contributed by atoms with Crippen molar-refractivity contribution in [1.82, 2.24) is 4.98 Å². The molecule has 7 heteroatoms. The topological polar surface area (TPSA) is 24.9 Å². The van der Waals surface area contributed by atoms with E-state index in [4.69, 9.17) is 11.6 Å². The lowest BCUT2D eigenvalue weighted by atomic mass is 9.88. The highest BCUT2D eigenvalue weighted by molar-refractivity contribution is 6.30. The molecule has 3 rings (SSSR count). The van der Waals surface area contributed by atoms with Gasteiger partial charge in [0.25, 0.3) is 0 Å². The van der Waals surface area contributed by atoms with Gasteiger partial charge in [0.05, 0.1) is 5.52 Å². The van der Waals surface area contributed by atoms with Crippen LogP contribution in [0.5, 0.6) is 0 Å². The number of anilines is 1. The summed E-state index contributed by atoms with van der Waals surface area (Å²) in [7, 11) is 0. The van der Waals surface area contributed by atoms with Crippen LogP contribution in [0.1, 0.15) is 31.4 Å². The number of alkyl halides is 3. The molecule has 1 N–H and O–H groups in total. The van der Waals surface area contributed by atoms with Crippen LogP contribution in [0.25, 0.3) is 10.9 Å². The Morgan fingerprint density at radius 2 is 1.95 bits per heavy atom. The fraction of sp³-hybridized carbons (Fsp3) is 0.400. The van der Waals surface area contributed by atoms with Gasteiger partial charge in [-0.15, -0.1) is 0 Å². The van der Waals surface area contributed by atoms with Crippen molar-refractivity contribution in [2.75, 3.05) is 5.32 Å². The summed E-state index contributed by atoms with van der Waals surface area (Å²) in [6.45, 7) is 4.01. The van der Waals surface area contributed by atoms with Crippen LogP contribution >= 0.6 is 11.6 Å². The van der Waals surface area contributed by atoms with Crippen LogP contribution in [-0.2, 0) is 12.6 Å². The minimum atomic E-state index is -4.83. The SMILES string of the molecule is CC1(C)CCc2cc3c(C(F)(F)F)c(F)c(Cl)nc3cc2N1. The van der Waals surface area contributed by atoms with E-state index < -0.39 is 22.7 Å². The Bertz CT molecular complexity index is 768. The zero-order valence-electron chi connectivity index (χ0n) is 11.9. The van der Waals surface area contributed by atoms with Crippen molar-refractivity contribution in [3.8, 4) is 0 Å². The van der Waals surface area contributed by atoms with Crippen molar-refractivity contribution in [1.29, 1.82) is 0 Å². The fourth-order valence-corrected chi connectivity index (χ4v) is 2.96. The van der Waals surface area contributed by atoms with Crippen LogP contribution in [0.3, 0.4) is 0 Å². The van der Waals surface area contributed by atoms with Crippen molar-refractivity contribution in [2.45, 2.75) is 38.4 Å². The predicted molar refractivity (Wildman–Crippen MR) is 77.7 cm³/mol. The van der Waals surface area contributed by atoms with Crippen molar-refractivity contribution in [2.24, 2.45) is 0 Å². The maximum absolute atomic E-state index is 13.9. The smallest absolute Gasteiger partial charge is 0.380 e. The molecule has 0 saturated carbocycles. The Morgan fingerprint density at radius 1 is 1.27 bits per heavy atom. The summed E-state index contributed by atoms with van der Waals surface area (Å²) in [6, 6.07) is 2.87. The molecule has 0 spiro atoms. The number of aromatic nitrogens is 1. The highest BCUT2D eigenvalue weighted by atomic mass is 35.5. The number of hydrogen-bond donors (Lipinski definition) is 1. The largest absolute Gasteiger partial charge is 0.419 e. The summed E-state index contributed by atoms with van der Waals surface area (Å²) >= 11 is 5.53. The molecule has 1 aromatic heterocycles. The van der Waals surface area contributed by atoms with Gasteiger partial charge in [0.2, 0.25) is 0 Å². The third kappa shape index (κ3) is 2.49. The minimum Gasteiger partial charge on any atom is -0.380 e. The molecule has 0 atom stereocenters. The first-order valence-corrected chi connectivity index (χ1v) is 7.13. The summed E-state index contributed by atoms with van der Waals surface area (Å²) in [6.07, 6.45) is -3.44. The molecule has 0 radical (unpaired) electrons. The standard InChI is InChI=1S/C15H13ClF4N2/c1-14(2)4-3-7-5-8-10(6-9(7)22-14)21-13(16)12(17)11(8)15(18,19)20/h5-6,22H,3-4H2,1-2H3. The molecule has 1 aliphatic heterocycles. The van der Waals surface area contributed by atoms with Crippen LogP contribution < -0.4 is 5.32 Å². The highest BCUT2D eigenvalue weighted by Crippen LogP contribution is 2.41. The second-order valence-electron chi connectivity index (χ2n) is 6.12. The van der Waals surface area contributed by atoms with E-state index in [2.05, 4.69) is 10.3 Å². The second-order valence-corrected chi connectivity index (χ2v) is 6.48. The highest BCUT2D eigenvalue weighted by Gasteiger charge is 2.38. The van der Waals surface area contributed by atoms with E-state index in [1.54, 1.807) is 0 Å². The van der Waals surface area contributed by atoms with Gasteiger partial charge in [-0.1, -0.05) is 11.6 Å². The lowest BCUT2D eigenvalue weighted by Crippen LogP contribution is -2.35. The Morgan fingerprint density at radius 3 is 2.59 bits per heavy atom. The van der Waals surface area contributed by atoms with Crippen LogP contribution in [0.15, 0.2) is 12.1 Å². The van der Waals surface area contributed by atoms with Gasteiger partial charge >= 0.3 is 6.18 Å². The van der Waals surface area contributed by atoms with E-state index in [1.165, 1.54) is 12.1 Å². The summed E-state index contributed by atoms with van der Waals surface area (Å²) in [4.78, 5) is 3.76. The zero-order chi connectivity index (χ0) is 16.3. The molecule has 0 amide bonds. The summed E-state index contributed by atoms with van der Waals surface area (Å²) in [5.41, 5.74) is -0.0390. The average Bonchev–Trinajstić information content (AvgIpc) is 2.36. The molecule has 0 bridgehead atoms. The molecule has 118 valence electrons. The summed E-state index contributed by atoms with van der Waals surface area (Å²) in [5.74, 6) is -1.52. The molecular formula is C15H13ClF4N2. The molecule has 1 aromatic carbocycles. The van der Waals surface area contributed by atoms with Gasteiger partial charge in [-0.05, 0) is 44.4 Å². The normalized spacial score (nSPS) is 17.2. The third-order valence-corrected chi connectivity index (χ3v) is 4.14. The van der Waals surface area contributed by atoms with Gasteiger partial charge in [0.15, 0.2) is 11.0 Å². The molecular weight excluding hydrogens is 320 g/mol. The third-order valence-electron chi connectivity index (χ3n) is 3.89. The quantitative estimate of drug-likeness (QED) is 0.531. The first-order chi connectivity index (χ1) is 10.1. The maximum atomic E-state index is 13.9. The van der Waals surface area contributed by atoms with E-state index in [1.807, 2.05) is 13.8 Å². The number of aryl methyl sites for hydroxylation is 1. The van der Waals surface area contributed by atoms with Crippen molar-refractivity contribution < 1.29 is 17.6 Å². The second kappa shape index (κ2) is 4.72. The number of nitrogens with zero attached hydrogens (tertiary/aromatic N) is 1.